The van der Waals surface area contributed by atoms with Gasteiger partial charge in [0.05, 0.1) is 4.90 Å². The predicted molar refractivity (Wildman–Crippen MR) is 135 cm³/mol. The highest BCUT2D eigenvalue weighted by molar-refractivity contribution is 7.89. The molecule has 0 aliphatic heterocycles. The molecule has 1 N–H and O–H groups in total. The number of hydrogen-bond acceptors (Lipinski definition) is 4. The molecule has 7 nitrogen and oxygen atoms in total. The van der Waals surface area contributed by atoms with Crippen LogP contribution in [0.5, 0.6) is 0 Å². The molecule has 0 spiro atoms. The van der Waals surface area contributed by atoms with Crippen molar-refractivity contribution in [3.63, 3.8) is 0 Å². The number of nitrogens with one attached hydrogen (secondary N) is 1. The van der Waals surface area contributed by atoms with E-state index in [4.69, 9.17) is 11.6 Å². The summed E-state index contributed by atoms with van der Waals surface area (Å²) in [5.41, 5.74) is 0.856. The molecule has 34 heavy (non-hydrogen) atoms. The lowest BCUT2D eigenvalue weighted by atomic mass is 10.1. The number of halogens is 1. The van der Waals surface area contributed by atoms with Gasteiger partial charge in [0, 0.05) is 38.1 Å². The maximum absolute atomic E-state index is 13.1. The number of amides is 2. The molecular weight excluding hydrogens is 474 g/mol. The Balaban J connectivity index is 2.05. The Bertz CT molecular complexity index is 1030. The minimum Gasteiger partial charge on any atom is -0.354 e. The van der Waals surface area contributed by atoms with E-state index in [9.17, 15) is 18.0 Å². The normalized spacial score (nSPS) is 12.4. The number of carbonyl (C=O) groups is 2. The van der Waals surface area contributed by atoms with Gasteiger partial charge in [-0.2, -0.15) is 0 Å². The number of carbonyl (C=O) groups excluding carboxylic acids is 2. The van der Waals surface area contributed by atoms with Gasteiger partial charge in [-0.15, -0.1) is 0 Å². The van der Waals surface area contributed by atoms with Crippen LogP contribution >= 0.6 is 11.6 Å². The third kappa shape index (κ3) is 8.11. The second kappa shape index (κ2) is 13.5. The molecule has 0 aliphatic carbocycles. The third-order valence-corrected chi connectivity index (χ3v) is 7.70. The van der Waals surface area contributed by atoms with Crippen molar-refractivity contribution < 1.29 is 18.0 Å². The Labute approximate surface area is 208 Å². The number of benzene rings is 2. The second-order valence-corrected chi connectivity index (χ2v) is 10.7. The third-order valence-electron chi connectivity index (χ3n) is 5.58. The van der Waals surface area contributed by atoms with Crippen molar-refractivity contribution in [2.45, 2.75) is 57.0 Å². The summed E-state index contributed by atoms with van der Waals surface area (Å²) in [5, 5.41) is 3.48. The number of sulfonamides is 1. The van der Waals surface area contributed by atoms with Gasteiger partial charge in [0.1, 0.15) is 6.04 Å². The van der Waals surface area contributed by atoms with Gasteiger partial charge in [-0.25, -0.2) is 12.7 Å². The molecule has 1 atom stereocenters. The summed E-state index contributed by atoms with van der Waals surface area (Å²) in [7, 11) is -2.12. The lowest BCUT2D eigenvalue weighted by Gasteiger charge is -2.29. The lowest BCUT2D eigenvalue weighted by molar-refractivity contribution is -0.140. The Morgan fingerprint density at radius 2 is 1.68 bits per heavy atom. The van der Waals surface area contributed by atoms with Crippen LogP contribution < -0.4 is 5.32 Å². The second-order valence-electron chi connectivity index (χ2n) is 8.21. The van der Waals surface area contributed by atoms with Gasteiger partial charge in [-0.3, -0.25) is 9.59 Å². The summed E-state index contributed by atoms with van der Waals surface area (Å²) < 4.78 is 26.7. The molecule has 0 saturated carbocycles. The first-order chi connectivity index (χ1) is 16.2. The minimum atomic E-state index is -3.62. The molecule has 0 radical (unpaired) electrons. The molecule has 1 unspecified atom stereocenters. The fourth-order valence-electron chi connectivity index (χ4n) is 3.39. The number of unbranched alkanes of at least 4 members (excludes halogenated alkanes) is 1. The molecule has 0 aromatic heterocycles. The maximum Gasteiger partial charge on any atom is 0.242 e. The smallest absolute Gasteiger partial charge is 0.242 e. The number of rotatable bonds is 13. The molecule has 0 bridgehead atoms. The highest BCUT2D eigenvalue weighted by Crippen LogP contribution is 2.17. The van der Waals surface area contributed by atoms with Gasteiger partial charge in [0.25, 0.3) is 0 Å². The summed E-state index contributed by atoms with van der Waals surface area (Å²) in [5.74, 6) is -0.418. The molecule has 2 amide bonds. The number of hydrogen-bond donors (Lipinski definition) is 1. The van der Waals surface area contributed by atoms with Crippen LogP contribution in [0.25, 0.3) is 0 Å². The zero-order valence-electron chi connectivity index (χ0n) is 20.0. The van der Waals surface area contributed by atoms with Crippen LogP contribution in [0.2, 0.25) is 5.02 Å². The van der Waals surface area contributed by atoms with E-state index >= 15 is 0 Å². The summed E-state index contributed by atoms with van der Waals surface area (Å²) in [4.78, 5) is 27.6. The van der Waals surface area contributed by atoms with E-state index in [1.807, 2.05) is 19.1 Å². The summed E-state index contributed by atoms with van der Waals surface area (Å²) in [6, 6.07) is 14.7. The summed E-state index contributed by atoms with van der Waals surface area (Å²) in [6.07, 6.45) is 2.28. The first kappa shape index (κ1) is 27.8. The van der Waals surface area contributed by atoms with Crippen LogP contribution in [0.15, 0.2) is 59.5 Å². The van der Waals surface area contributed by atoms with E-state index in [1.54, 1.807) is 49.4 Å². The molecule has 9 heteroatoms. The molecule has 186 valence electrons. The Morgan fingerprint density at radius 1 is 1.03 bits per heavy atom. The van der Waals surface area contributed by atoms with Gasteiger partial charge in [0.15, 0.2) is 0 Å². The molecule has 2 aromatic rings. The standard InChI is InChI=1S/C25H34ClN3O4S/c1-4-5-17-27-25(31)20(2)29(19-21-13-15-22(26)16-14-21)24(30)12-9-18-28(3)34(32,33)23-10-7-6-8-11-23/h6-8,10-11,13-16,20H,4-5,9,12,17-19H2,1-3H3,(H,27,31). The lowest BCUT2D eigenvalue weighted by Crippen LogP contribution is -2.47. The largest absolute Gasteiger partial charge is 0.354 e. The first-order valence-electron chi connectivity index (χ1n) is 11.5. The van der Waals surface area contributed by atoms with Crippen LogP contribution in [0.1, 0.15) is 45.1 Å². The molecule has 2 aromatic carbocycles. The van der Waals surface area contributed by atoms with Gasteiger partial charge in [0.2, 0.25) is 21.8 Å². The van der Waals surface area contributed by atoms with Gasteiger partial charge < -0.3 is 10.2 Å². The van der Waals surface area contributed by atoms with E-state index in [0.29, 0.717) is 18.0 Å². The van der Waals surface area contributed by atoms with Gasteiger partial charge in [-0.1, -0.05) is 55.3 Å². The molecule has 0 aliphatic rings. The first-order valence-corrected chi connectivity index (χ1v) is 13.3. The molecule has 0 saturated heterocycles. The van der Waals surface area contributed by atoms with Crippen LogP contribution in [-0.2, 0) is 26.2 Å². The summed E-state index contributed by atoms with van der Waals surface area (Å²) >= 11 is 5.98. The van der Waals surface area contributed by atoms with Crippen LogP contribution in [0, 0.1) is 0 Å². The van der Waals surface area contributed by atoms with Crippen molar-refractivity contribution in [2.75, 3.05) is 20.1 Å². The van der Waals surface area contributed by atoms with Crippen molar-refractivity contribution in [1.82, 2.24) is 14.5 Å². The molecule has 0 fully saturated rings. The highest BCUT2D eigenvalue weighted by atomic mass is 35.5. The SMILES string of the molecule is CCCCNC(=O)C(C)N(Cc1ccc(Cl)cc1)C(=O)CCCN(C)S(=O)(=O)c1ccccc1. The zero-order chi connectivity index (χ0) is 25.1. The van der Waals surface area contributed by atoms with Crippen molar-refractivity contribution in [2.24, 2.45) is 0 Å². The maximum atomic E-state index is 13.1. The predicted octanol–water partition coefficient (Wildman–Crippen LogP) is 4.07. The number of nitrogens with zero attached hydrogens (tertiary/aromatic N) is 2. The monoisotopic (exact) mass is 507 g/mol. The summed E-state index contributed by atoms with van der Waals surface area (Å²) in [6.45, 7) is 4.76. The van der Waals surface area contributed by atoms with Gasteiger partial charge >= 0.3 is 0 Å². The highest BCUT2D eigenvalue weighted by Gasteiger charge is 2.26. The van der Waals surface area contributed by atoms with E-state index in [0.717, 1.165) is 18.4 Å². The van der Waals surface area contributed by atoms with Crippen molar-refractivity contribution in [1.29, 1.82) is 0 Å². The van der Waals surface area contributed by atoms with Gasteiger partial charge in [-0.05, 0) is 49.6 Å². The van der Waals surface area contributed by atoms with Crippen molar-refractivity contribution >= 4 is 33.4 Å². The average Bonchev–Trinajstić information content (AvgIpc) is 2.83. The van der Waals surface area contributed by atoms with Crippen LogP contribution in [0.4, 0.5) is 0 Å². The van der Waals surface area contributed by atoms with E-state index in [1.165, 1.54) is 16.3 Å². The molecule has 0 heterocycles. The van der Waals surface area contributed by atoms with E-state index in [2.05, 4.69) is 5.32 Å². The fourth-order valence-corrected chi connectivity index (χ4v) is 4.75. The molecular formula is C25H34ClN3O4S. The van der Waals surface area contributed by atoms with Crippen LogP contribution in [0.3, 0.4) is 0 Å². The topological polar surface area (TPSA) is 86.8 Å². The average molecular weight is 508 g/mol. The minimum absolute atomic E-state index is 0.120. The Morgan fingerprint density at radius 3 is 2.29 bits per heavy atom. The molecule has 2 rings (SSSR count). The van der Waals surface area contributed by atoms with Crippen molar-refractivity contribution in [3.8, 4) is 0 Å². The Hall–Kier alpha value is -2.42. The van der Waals surface area contributed by atoms with Crippen LogP contribution in [-0.4, -0.2) is 55.6 Å². The quantitative estimate of drug-likeness (QED) is 0.414. The zero-order valence-corrected chi connectivity index (χ0v) is 21.6. The van der Waals surface area contributed by atoms with Crippen molar-refractivity contribution in [3.05, 3.63) is 65.2 Å². The fraction of sp³-hybridized carbons (Fsp3) is 0.440. The van der Waals surface area contributed by atoms with E-state index < -0.39 is 16.1 Å². The van der Waals surface area contributed by atoms with E-state index in [-0.39, 0.29) is 36.2 Å². The Kier molecular flexibility index (Phi) is 11.0.